The number of hydrogen-bond donors (Lipinski definition) is 0. The molecule has 0 amide bonds. The summed E-state index contributed by atoms with van der Waals surface area (Å²) in [4.78, 5) is 0. The molecule has 1 aromatic heterocycles. The topological polar surface area (TPSA) is 125 Å². The number of hydrogen-bond acceptors (Lipinski definition) is 2. The third kappa shape index (κ3) is 3.08. The molecule has 0 bridgehead atoms. The average molecular weight is 165 g/mol. The Balaban J connectivity index is -0.000000213. The van der Waals surface area contributed by atoms with Crippen molar-refractivity contribution in [2.45, 2.75) is 13.8 Å². The predicted octanol–water partition coefficient (Wildman–Crippen LogP) is -2.04. The van der Waals surface area contributed by atoms with E-state index in [2.05, 4.69) is 10.2 Å². The lowest BCUT2D eigenvalue weighted by Gasteiger charge is -1.90. The lowest BCUT2D eigenvalue weighted by atomic mass is 10.6. The molecule has 11 heavy (non-hydrogen) atoms. The molecule has 0 radical (unpaired) electrons. The van der Waals surface area contributed by atoms with E-state index in [1.165, 1.54) is 0 Å². The summed E-state index contributed by atoms with van der Waals surface area (Å²) in [7, 11) is 1.95. The summed E-state index contributed by atoms with van der Waals surface area (Å²) in [5.41, 5.74) is 0. The van der Waals surface area contributed by atoms with Crippen LogP contribution < -0.4 is 0 Å². The Kier molecular flexibility index (Phi) is 8.69. The van der Waals surface area contributed by atoms with Gasteiger partial charge in [0.15, 0.2) is 0 Å². The molecular weight excluding hydrogens is 150 g/mol. The Morgan fingerprint density at radius 3 is 1.27 bits per heavy atom. The van der Waals surface area contributed by atoms with E-state index in [4.69, 9.17) is 0 Å². The van der Waals surface area contributed by atoms with Crippen molar-refractivity contribution in [3.8, 4) is 0 Å². The van der Waals surface area contributed by atoms with Crippen LogP contribution >= 0.6 is 0 Å². The second kappa shape index (κ2) is 5.78. The Morgan fingerprint density at radius 2 is 1.18 bits per heavy atom. The molecule has 1 aromatic rings. The summed E-state index contributed by atoms with van der Waals surface area (Å²) in [5.74, 6) is 1.92. The van der Waals surface area contributed by atoms with Crippen LogP contribution in [0.5, 0.6) is 0 Å². The maximum atomic E-state index is 3.83. The Labute approximate surface area is 64.8 Å². The van der Waals surface area contributed by atoms with Crippen LogP contribution in [0.2, 0.25) is 0 Å². The van der Waals surface area contributed by atoms with Gasteiger partial charge in [-0.15, -0.1) is 10.2 Å². The molecule has 0 saturated carbocycles. The molecule has 0 spiro atoms. The largest absolute Gasteiger partial charge is 0.412 e. The van der Waals surface area contributed by atoms with Crippen molar-refractivity contribution in [2.24, 2.45) is 7.05 Å². The number of aromatic nitrogens is 3. The molecule has 68 valence electrons. The summed E-state index contributed by atoms with van der Waals surface area (Å²) in [6, 6.07) is 0. The minimum absolute atomic E-state index is 0. The Bertz CT molecular complexity index is 179. The second-order valence-electron chi connectivity index (χ2n) is 1.85. The molecule has 0 unspecified atom stereocenters. The SMILES string of the molecule is Cc1nnc(C)n1C.O.O.O. The van der Waals surface area contributed by atoms with Crippen LogP contribution in [0.3, 0.4) is 0 Å². The molecule has 6 N–H and O–H groups in total. The van der Waals surface area contributed by atoms with Crippen LogP contribution in [0.25, 0.3) is 0 Å². The number of rotatable bonds is 0. The van der Waals surface area contributed by atoms with Crippen LogP contribution in [0.15, 0.2) is 0 Å². The third-order valence-corrected chi connectivity index (χ3v) is 1.31. The highest BCUT2D eigenvalue weighted by atomic mass is 16.0. The van der Waals surface area contributed by atoms with Gasteiger partial charge in [0.25, 0.3) is 0 Å². The molecule has 1 rings (SSSR count). The zero-order valence-electron chi connectivity index (χ0n) is 6.84. The van der Waals surface area contributed by atoms with Crippen LogP contribution in [0, 0.1) is 13.8 Å². The highest BCUT2D eigenvalue weighted by molar-refractivity contribution is 4.88. The molecule has 0 fully saturated rings. The van der Waals surface area contributed by atoms with Gasteiger partial charge in [0, 0.05) is 7.05 Å². The van der Waals surface area contributed by atoms with Crippen LogP contribution in [-0.2, 0) is 7.05 Å². The monoisotopic (exact) mass is 165 g/mol. The van der Waals surface area contributed by atoms with Gasteiger partial charge in [-0.3, -0.25) is 0 Å². The van der Waals surface area contributed by atoms with Gasteiger partial charge >= 0.3 is 0 Å². The Morgan fingerprint density at radius 1 is 0.909 bits per heavy atom. The summed E-state index contributed by atoms with van der Waals surface area (Å²) in [6.45, 7) is 3.86. The molecule has 0 aliphatic rings. The van der Waals surface area contributed by atoms with Crippen molar-refractivity contribution in [2.75, 3.05) is 0 Å². The Hall–Kier alpha value is -0.980. The van der Waals surface area contributed by atoms with Gasteiger partial charge in [0.05, 0.1) is 0 Å². The minimum Gasteiger partial charge on any atom is -0.412 e. The normalized spacial score (nSPS) is 7.18. The molecular formula is C5H15N3O3. The lowest BCUT2D eigenvalue weighted by molar-refractivity contribution is 0.823. The van der Waals surface area contributed by atoms with Crippen LogP contribution in [0.4, 0.5) is 0 Å². The van der Waals surface area contributed by atoms with E-state index < -0.39 is 0 Å². The van der Waals surface area contributed by atoms with Crippen molar-refractivity contribution in [3.63, 3.8) is 0 Å². The first-order valence-corrected chi connectivity index (χ1v) is 2.54. The fraction of sp³-hybridized carbons (Fsp3) is 0.600. The van der Waals surface area contributed by atoms with E-state index in [0.717, 1.165) is 11.6 Å². The van der Waals surface area contributed by atoms with Gasteiger partial charge in [-0.2, -0.15) is 0 Å². The first kappa shape index (κ1) is 16.5. The van der Waals surface area contributed by atoms with Crippen molar-refractivity contribution in [1.82, 2.24) is 14.8 Å². The van der Waals surface area contributed by atoms with E-state index in [-0.39, 0.29) is 16.4 Å². The zero-order valence-corrected chi connectivity index (χ0v) is 6.84. The van der Waals surface area contributed by atoms with E-state index in [1.54, 1.807) is 0 Å². The van der Waals surface area contributed by atoms with Gasteiger partial charge in [0.2, 0.25) is 0 Å². The molecule has 0 saturated heterocycles. The van der Waals surface area contributed by atoms with E-state index in [1.807, 2.05) is 25.5 Å². The van der Waals surface area contributed by atoms with Gasteiger partial charge in [-0.05, 0) is 13.8 Å². The van der Waals surface area contributed by atoms with E-state index in [0.29, 0.717) is 0 Å². The van der Waals surface area contributed by atoms with Crippen molar-refractivity contribution in [1.29, 1.82) is 0 Å². The average Bonchev–Trinajstić information content (AvgIpc) is 1.98. The number of nitrogens with zero attached hydrogens (tertiary/aromatic N) is 3. The highest BCUT2D eigenvalue weighted by Crippen LogP contribution is 1.92. The van der Waals surface area contributed by atoms with Crippen molar-refractivity contribution in [3.05, 3.63) is 11.6 Å². The molecule has 1 heterocycles. The summed E-state index contributed by atoms with van der Waals surface area (Å²) in [5, 5.41) is 7.66. The summed E-state index contributed by atoms with van der Waals surface area (Å²) >= 11 is 0. The maximum absolute atomic E-state index is 3.83. The lowest BCUT2D eigenvalue weighted by Crippen LogP contribution is -1.92. The molecule has 6 nitrogen and oxygen atoms in total. The minimum atomic E-state index is 0. The molecule has 0 aliphatic heterocycles. The number of aryl methyl sites for hydroxylation is 2. The van der Waals surface area contributed by atoms with Gasteiger partial charge in [-0.25, -0.2) is 0 Å². The second-order valence-corrected chi connectivity index (χ2v) is 1.85. The van der Waals surface area contributed by atoms with Gasteiger partial charge in [-0.1, -0.05) is 0 Å². The highest BCUT2D eigenvalue weighted by Gasteiger charge is 1.94. The summed E-state index contributed by atoms with van der Waals surface area (Å²) in [6.07, 6.45) is 0. The fourth-order valence-corrected chi connectivity index (χ4v) is 0.513. The van der Waals surface area contributed by atoms with Crippen LogP contribution in [-0.4, -0.2) is 31.2 Å². The first-order valence-electron chi connectivity index (χ1n) is 2.54. The smallest absolute Gasteiger partial charge is 0.129 e. The van der Waals surface area contributed by atoms with Gasteiger partial charge in [0.1, 0.15) is 11.6 Å². The standard InChI is InChI=1S/C5H9N3.3H2O/c1-4-6-7-5(2)8(4)3;;;/h1-3H3;3*1H2. The first-order chi connectivity index (χ1) is 3.72. The zero-order chi connectivity index (χ0) is 6.15. The van der Waals surface area contributed by atoms with Crippen molar-refractivity contribution < 1.29 is 16.4 Å². The molecule has 6 heteroatoms. The predicted molar refractivity (Wildman–Crippen MR) is 41.3 cm³/mol. The van der Waals surface area contributed by atoms with Crippen molar-refractivity contribution >= 4 is 0 Å². The fourth-order valence-electron chi connectivity index (χ4n) is 0.513. The van der Waals surface area contributed by atoms with Gasteiger partial charge < -0.3 is 21.0 Å². The quantitative estimate of drug-likeness (QED) is 0.439. The molecule has 0 aromatic carbocycles. The molecule has 0 aliphatic carbocycles. The molecule has 0 atom stereocenters. The maximum Gasteiger partial charge on any atom is 0.129 e. The van der Waals surface area contributed by atoms with E-state index in [9.17, 15) is 0 Å². The third-order valence-electron chi connectivity index (χ3n) is 1.31. The van der Waals surface area contributed by atoms with E-state index >= 15 is 0 Å². The summed E-state index contributed by atoms with van der Waals surface area (Å²) < 4.78 is 1.94. The van der Waals surface area contributed by atoms with Crippen LogP contribution in [0.1, 0.15) is 11.6 Å².